The summed E-state index contributed by atoms with van der Waals surface area (Å²) in [4.78, 5) is 20.9. The standard InChI is InChI=1S/C22H20N4OS/c1-15-19-16(2)26(18-12-8-5-9-13-18)21(28)23-20(19)25(22(27)24(15)3)14-17-10-6-4-7-11-17/h4-13H,1,14H2,2-3H3. The van der Waals surface area contributed by atoms with Gasteiger partial charge < -0.3 is 0 Å². The van der Waals surface area contributed by atoms with Crippen molar-refractivity contribution in [1.82, 2.24) is 14.5 Å². The number of para-hydroxylation sites is 1. The second-order valence-corrected chi connectivity index (χ2v) is 7.07. The highest BCUT2D eigenvalue weighted by atomic mass is 32.1. The fourth-order valence-electron chi connectivity index (χ4n) is 3.49. The Balaban J connectivity index is 1.92. The van der Waals surface area contributed by atoms with E-state index in [-0.39, 0.29) is 6.03 Å². The molecule has 0 unspecified atom stereocenters. The fraction of sp³-hybridized carbons (Fsp3) is 0.136. The number of anilines is 1. The first-order valence-electron chi connectivity index (χ1n) is 8.96. The van der Waals surface area contributed by atoms with Gasteiger partial charge in [-0.25, -0.2) is 9.78 Å². The molecule has 2 amide bonds. The van der Waals surface area contributed by atoms with Crippen LogP contribution in [-0.2, 0) is 6.54 Å². The van der Waals surface area contributed by atoms with Crippen LogP contribution in [0.5, 0.6) is 0 Å². The summed E-state index contributed by atoms with van der Waals surface area (Å²) in [5, 5.41) is 0. The lowest BCUT2D eigenvalue weighted by Crippen LogP contribution is -2.45. The number of amides is 2. The van der Waals surface area contributed by atoms with E-state index in [1.165, 1.54) is 0 Å². The smallest absolute Gasteiger partial charge is 0.297 e. The minimum Gasteiger partial charge on any atom is -0.297 e. The van der Waals surface area contributed by atoms with Crippen LogP contribution in [0.2, 0.25) is 0 Å². The normalized spacial score (nSPS) is 13.6. The number of aromatic nitrogens is 2. The Hall–Kier alpha value is -3.25. The predicted octanol–water partition coefficient (Wildman–Crippen LogP) is 4.95. The molecule has 3 aromatic rings. The number of nitrogens with zero attached hydrogens (tertiary/aromatic N) is 4. The molecule has 1 aliphatic heterocycles. The number of urea groups is 1. The van der Waals surface area contributed by atoms with Gasteiger partial charge in [-0.2, -0.15) is 0 Å². The SMILES string of the molecule is C=C1c2c(nc(=S)n(-c3ccccc3)c2C)N(Cc2ccccc2)C(=O)N1C. The molecule has 0 bridgehead atoms. The van der Waals surface area contributed by atoms with Gasteiger partial charge in [-0.05, 0) is 36.8 Å². The molecule has 5 nitrogen and oxygen atoms in total. The van der Waals surface area contributed by atoms with Crippen molar-refractivity contribution in [3.05, 3.63) is 88.8 Å². The number of rotatable bonds is 3. The van der Waals surface area contributed by atoms with Crippen LogP contribution in [0, 0.1) is 11.7 Å². The van der Waals surface area contributed by atoms with Gasteiger partial charge in [-0.15, -0.1) is 0 Å². The van der Waals surface area contributed by atoms with Gasteiger partial charge >= 0.3 is 6.03 Å². The minimum absolute atomic E-state index is 0.167. The van der Waals surface area contributed by atoms with Crippen molar-refractivity contribution >= 4 is 29.8 Å². The molecule has 0 atom stereocenters. The van der Waals surface area contributed by atoms with Gasteiger partial charge in [0.25, 0.3) is 0 Å². The summed E-state index contributed by atoms with van der Waals surface area (Å²) >= 11 is 5.60. The van der Waals surface area contributed by atoms with E-state index in [0.29, 0.717) is 22.8 Å². The third-order valence-corrected chi connectivity index (χ3v) is 5.25. The Morgan fingerprint density at radius 3 is 2.29 bits per heavy atom. The summed E-state index contributed by atoms with van der Waals surface area (Å²) in [5.41, 5.74) is 4.31. The van der Waals surface area contributed by atoms with Crippen molar-refractivity contribution in [2.75, 3.05) is 11.9 Å². The van der Waals surface area contributed by atoms with Crippen LogP contribution in [0.25, 0.3) is 11.4 Å². The molecule has 2 heterocycles. The molecule has 6 heteroatoms. The van der Waals surface area contributed by atoms with Crippen LogP contribution >= 0.6 is 12.2 Å². The highest BCUT2D eigenvalue weighted by Gasteiger charge is 2.34. The van der Waals surface area contributed by atoms with Gasteiger partial charge in [-0.3, -0.25) is 14.4 Å². The maximum absolute atomic E-state index is 13.0. The van der Waals surface area contributed by atoms with Crippen molar-refractivity contribution in [3.8, 4) is 5.69 Å². The Labute approximate surface area is 169 Å². The molecule has 4 rings (SSSR count). The molecule has 1 aromatic heterocycles. The third-order valence-electron chi connectivity index (χ3n) is 4.98. The molecule has 0 saturated carbocycles. The number of benzene rings is 2. The van der Waals surface area contributed by atoms with Crippen LogP contribution in [0.3, 0.4) is 0 Å². The fourth-order valence-corrected chi connectivity index (χ4v) is 3.82. The zero-order valence-electron chi connectivity index (χ0n) is 15.8. The topological polar surface area (TPSA) is 41.4 Å². The lowest BCUT2D eigenvalue weighted by molar-refractivity contribution is 0.229. The highest BCUT2D eigenvalue weighted by Crippen LogP contribution is 2.36. The van der Waals surface area contributed by atoms with E-state index in [4.69, 9.17) is 12.2 Å². The lowest BCUT2D eigenvalue weighted by Gasteiger charge is -2.36. The molecule has 0 saturated heterocycles. The van der Waals surface area contributed by atoms with Crippen molar-refractivity contribution in [2.45, 2.75) is 13.5 Å². The summed E-state index contributed by atoms with van der Waals surface area (Å²) in [6.07, 6.45) is 0. The number of carbonyl (C=O) groups excluding carboxylic acids is 1. The van der Waals surface area contributed by atoms with Gasteiger partial charge in [0, 0.05) is 18.4 Å². The number of hydrogen-bond donors (Lipinski definition) is 0. The largest absolute Gasteiger partial charge is 0.330 e. The average Bonchev–Trinajstić information content (AvgIpc) is 2.71. The third kappa shape index (κ3) is 2.92. The summed E-state index contributed by atoms with van der Waals surface area (Å²) < 4.78 is 2.33. The summed E-state index contributed by atoms with van der Waals surface area (Å²) in [7, 11) is 1.74. The quantitative estimate of drug-likeness (QED) is 0.596. The van der Waals surface area contributed by atoms with E-state index in [1.54, 1.807) is 16.8 Å². The average molecular weight is 388 g/mol. The zero-order valence-corrected chi connectivity index (χ0v) is 16.6. The summed E-state index contributed by atoms with van der Waals surface area (Å²) in [6, 6.07) is 19.5. The number of carbonyl (C=O) groups is 1. The van der Waals surface area contributed by atoms with Crippen molar-refractivity contribution in [1.29, 1.82) is 0 Å². The van der Waals surface area contributed by atoms with Gasteiger partial charge in [0.05, 0.1) is 17.8 Å². The van der Waals surface area contributed by atoms with E-state index in [0.717, 1.165) is 22.5 Å². The second kappa shape index (κ2) is 7.05. The summed E-state index contributed by atoms with van der Waals surface area (Å²) in [5.74, 6) is 0.562. The van der Waals surface area contributed by atoms with Gasteiger partial charge in [0.1, 0.15) is 0 Å². The zero-order chi connectivity index (χ0) is 19.8. The molecule has 140 valence electrons. The molecule has 0 spiro atoms. The first-order valence-corrected chi connectivity index (χ1v) is 9.37. The lowest BCUT2D eigenvalue weighted by atomic mass is 10.1. The van der Waals surface area contributed by atoms with Crippen LogP contribution < -0.4 is 4.90 Å². The molecular weight excluding hydrogens is 368 g/mol. The van der Waals surface area contributed by atoms with Crippen molar-refractivity contribution in [3.63, 3.8) is 0 Å². The first kappa shape index (κ1) is 18.1. The molecule has 1 aliphatic rings. The first-order chi connectivity index (χ1) is 13.5. The van der Waals surface area contributed by atoms with Crippen molar-refractivity contribution < 1.29 is 4.79 Å². The van der Waals surface area contributed by atoms with Gasteiger partial charge in [-0.1, -0.05) is 55.1 Å². The van der Waals surface area contributed by atoms with Gasteiger partial charge in [0.15, 0.2) is 5.82 Å². The van der Waals surface area contributed by atoms with E-state index in [9.17, 15) is 4.79 Å². The number of hydrogen-bond acceptors (Lipinski definition) is 3. The van der Waals surface area contributed by atoms with Gasteiger partial charge in [0.2, 0.25) is 4.77 Å². The highest BCUT2D eigenvalue weighted by molar-refractivity contribution is 7.71. The molecule has 0 fully saturated rings. The Bertz CT molecular complexity index is 1120. The molecular formula is C22H20N4OS. The van der Waals surface area contributed by atoms with E-state index in [2.05, 4.69) is 11.6 Å². The Morgan fingerprint density at radius 2 is 1.64 bits per heavy atom. The predicted molar refractivity (Wildman–Crippen MR) is 114 cm³/mol. The summed E-state index contributed by atoms with van der Waals surface area (Å²) in [6.45, 7) is 6.55. The van der Waals surface area contributed by atoms with E-state index < -0.39 is 0 Å². The van der Waals surface area contributed by atoms with Crippen LogP contribution in [-0.4, -0.2) is 27.5 Å². The molecule has 2 aromatic carbocycles. The Kier molecular flexibility index (Phi) is 4.57. The maximum Gasteiger partial charge on any atom is 0.330 e. The maximum atomic E-state index is 13.0. The van der Waals surface area contributed by atoms with Crippen LogP contribution in [0.4, 0.5) is 10.6 Å². The molecule has 0 aliphatic carbocycles. The molecule has 28 heavy (non-hydrogen) atoms. The monoisotopic (exact) mass is 388 g/mol. The van der Waals surface area contributed by atoms with E-state index in [1.807, 2.05) is 72.2 Å². The van der Waals surface area contributed by atoms with Crippen LogP contribution in [0.15, 0.2) is 67.2 Å². The van der Waals surface area contributed by atoms with E-state index >= 15 is 0 Å². The van der Waals surface area contributed by atoms with Crippen molar-refractivity contribution in [2.24, 2.45) is 0 Å². The number of fused-ring (bicyclic) bond motifs is 1. The molecule has 0 N–H and O–H groups in total. The molecule has 0 radical (unpaired) electrons. The Morgan fingerprint density at radius 1 is 1.04 bits per heavy atom. The van der Waals surface area contributed by atoms with Crippen LogP contribution in [0.1, 0.15) is 16.8 Å². The second-order valence-electron chi connectivity index (χ2n) is 6.71. The minimum atomic E-state index is -0.167.